The minimum absolute atomic E-state index is 0.334. The minimum Gasteiger partial charge on any atom is -0.360 e. The van der Waals surface area contributed by atoms with Gasteiger partial charge in [-0.1, -0.05) is 34.8 Å². The fourth-order valence-corrected chi connectivity index (χ4v) is 2.61. The Labute approximate surface area is 119 Å². The third kappa shape index (κ3) is 3.76. The molecule has 1 unspecified atom stereocenters. The molecule has 0 aliphatic carbocycles. The second-order valence-electron chi connectivity index (χ2n) is 4.34. The lowest BCUT2D eigenvalue weighted by molar-refractivity contribution is 0.649. The molecule has 1 aromatic rings. The van der Waals surface area contributed by atoms with Gasteiger partial charge in [-0.05, 0) is 38.1 Å². The second-order valence-corrected chi connectivity index (χ2v) is 5.20. The highest BCUT2D eigenvalue weighted by atomic mass is 79.9. The maximum absolute atomic E-state index is 5.42. The molecule has 1 rings (SSSR count). The quantitative estimate of drug-likeness (QED) is 0.808. The molecule has 18 heavy (non-hydrogen) atoms. The molecule has 1 aromatic carbocycles. The molecule has 0 bridgehead atoms. The maximum Gasteiger partial charge on any atom is 0.0791 e. The van der Waals surface area contributed by atoms with Gasteiger partial charge in [0.25, 0.3) is 0 Å². The number of rotatable bonds is 6. The van der Waals surface area contributed by atoms with Crippen LogP contribution in [0, 0.1) is 12.3 Å². The van der Waals surface area contributed by atoms with Gasteiger partial charge >= 0.3 is 0 Å². The zero-order valence-electron chi connectivity index (χ0n) is 11.3. The van der Waals surface area contributed by atoms with Crippen LogP contribution in [0.1, 0.15) is 31.9 Å². The summed E-state index contributed by atoms with van der Waals surface area (Å²) in [6.07, 6.45) is 6.51. The van der Waals surface area contributed by atoms with Crippen LogP contribution in [0.4, 0.5) is 5.69 Å². The van der Waals surface area contributed by atoms with Gasteiger partial charge in [-0.25, -0.2) is 0 Å². The van der Waals surface area contributed by atoms with Crippen molar-refractivity contribution in [1.29, 1.82) is 0 Å². The Morgan fingerprint density at radius 1 is 1.50 bits per heavy atom. The predicted octanol–water partition coefficient (Wildman–Crippen LogP) is 3.58. The van der Waals surface area contributed by atoms with Crippen LogP contribution in [0.3, 0.4) is 0 Å². The molecular weight excluding hydrogens is 288 g/mol. The molecule has 3 heteroatoms. The van der Waals surface area contributed by atoms with Gasteiger partial charge in [0.15, 0.2) is 0 Å². The van der Waals surface area contributed by atoms with E-state index in [1.807, 2.05) is 7.05 Å². The molecule has 0 aliphatic rings. The minimum atomic E-state index is 0.334. The first-order valence-corrected chi connectivity index (χ1v) is 7.08. The average molecular weight is 309 g/mol. The SMILES string of the molecule is C#CCN(CCC)c1ccc(C(C)NC)c(Br)c1. The van der Waals surface area contributed by atoms with Crippen molar-refractivity contribution in [2.75, 3.05) is 25.0 Å². The number of halogens is 1. The van der Waals surface area contributed by atoms with Crippen LogP contribution in [0.2, 0.25) is 0 Å². The summed E-state index contributed by atoms with van der Waals surface area (Å²) in [6, 6.07) is 6.78. The third-order valence-corrected chi connectivity index (χ3v) is 3.71. The zero-order valence-corrected chi connectivity index (χ0v) is 12.9. The van der Waals surface area contributed by atoms with Crippen LogP contribution in [0.25, 0.3) is 0 Å². The fraction of sp³-hybridized carbons (Fsp3) is 0.467. The molecule has 0 saturated heterocycles. The second kappa shape index (κ2) is 7.45. The van der Waals surface area contributed by atoms with E-state index in [1.54, 1.807) is 0 Å². The zero-order chi connectivity index (χ0) is 13.5. The van der Waals surface area contributed by atoms with Crippen molar-refractivity contribution in [3.63, 3.8) is 0 Å². The molecule has 2 nitrogen and oxygen atoms in total. The Bertz CT molecular complexity index is 423. The highest BCUT2D eigenvalue weighted by Crippen LogP contribution is 2.28. The summed E-state index contributed by atoms with van der Waals surface area (Å²) in [5.74, 6) is 2.72. The molecule has 0 aromatic heterocycles. The van der Waals surface area contributed by atoms with Gasteiger partial charge in [-0.3, -0.25) is 0 Å². The lowest BCUT2D eigenvalue weighted by Gasteiger charge is -2.23. The standard InChI is InChI=1S/C15H21BrN2/c1-5-9-18(10-6-2)13-7-8-14(12(3)17-4)15(16)11-13/h1,7-8,11-12,17H,6,9-10H2,2-4H3. The summed E-state index contributed by atoms with van der Waals surface area (Å²) in [5.41, 5.74) is 2.44. The highest BCUT2D eigenvalue weighted by Gasteiger charge is 2.10. The molecule has 1 atom stereocenters. The molecule has 0 aliphatic heterocycles. The van der Waals surface area contributed by atoms with Crippen molar-refractivity contribution in [1.82, 2.24) is 5.32 Å². The van der Waals surface area contributed by atoms with E-state index < -0.39 is 0 Å². The normalized spacial score (nSPS) is 11.9. The lowest BCUT2D eigenvalue weighted by Crippen LogP contribution is -2.24. The summed E-state index contributed by atoms with van der Waals surface area (Å²) in [6.45, 7) is 5.94. The molecular formula is C15H21BrN2. The van der Waals surface area contributed by atoms with E-state index in [4.69, 9.17) is 6.42 Å². The van der Waals surface area contributed by atoms with Crippen LogP contribution in [0.5, 0.6) is 0 Å². The van der Waals surface area contributed by atoms with E-state index in [2.05, 4.69) is 64.1 Å². The van der Waals surface area contributed by atoms with E-state index in [1.165, 1.54) is 11.3 Å². The van der Waals surface area contributed by atoms with Crippen molar-refractivity contribution in [2.45, 2.75) is 26.3 Å². The molecule has 0 spiro atoms. The monoisotopic (exact) mass is 308 g/mol. The Morgan fingerprint density at radius 3 is 2.72 bits per heavy atom. The van der Waals surface area contributed by atoms with E-state index in [0.717, 1.165) is 17.4 Å². The Kier molecular flexibility index (Phi) is 6.24. The van der Waals surface area contributed by atoms with Crippen LogP contribution >= 0.6 is 15.9 Å². The van der Waals surface area contributed by atoms with E-state index in [0.29, 0.717) is 12.6 Å². The summed E-state index contributed by atoms with van der Waals surface area (Å²) in [5, 5.41) is 3.25. The van der Waals surface area contributed by atoms with E-state index >= 15 is 0 Å². The predicted molar refractivity (Wildman–Crippen MR) is 83.0 cm³/mol. The van der Waals surface area contributed by atoms with E-state index in [-0.39, 0.29) is 0 Å². The number of hydrogen-bond acceptors (Lipinski definition) is 2. The molecule has 0 radical (unpaired) electrons. The van der Waals surface area contributed by atoms with Gasteiger partial charge < -0.3 is 10.2 Å². The van der Waals surface area contributed by atoms with Gasteiger partial charge in [0.05, 0.1) is 6.54 Å². The number of nitrogens with one attached hydrogen (secondary N) is 1. The van der Waals surface area contributed by atoms with Crippen molar-refractivity contribution >= 4 is 21.6 Å². The first-order valence-electron chi connectivity index (χ1n) is 6.29. The largest absolute Gasteiger partial charge is 0.360 e. The van der Waals surface area contributed by atoms with E-state index in [9.17, 15) is 0 Å². The van der Waals surface area contributed by atoms with Gasteiger partial charge in [0.2, 0.25) is 0 Å². The molecule has 0 saturated carbocycles. The van der Waals surface area contributed by atoms with Gasteiger partial charge in [-0.2, -0.15) is 0 Å². The first-order chi connectivity index (χ1) is 8.63. The molecule has 0 heterocycles. The summed E-state index contributed by atoms with van der Waals surface area (Å²) in [4.78, 5) is 2.22. The molecule has 98 valence electrons. The molecule has 0 fully saturated rings. The summed E-state index contributed by atoms with van der Waals surface area (Å²) < 4.78 is 1.12. The topological polar surface area (TPSA) is 15.3 Å². The van der Waals surface area contributed by atoms with Crippen LogP contribution in [-0.4, -0.2) is 20.1 Å². The Balaban J connectivity index is 2.98. The van der Waals surface area contributed by atoms with Crippen molar-refractivity contribution in [2.24, 2.45) is 0 Å². The maximum atomic E-state index is 5.42. The molecule has 0 amide bonds. The van der Waals surface area contributed by atoms with Crippen molar-refractivity contribution in [3.8, 4) is 12.3 Å². The highest BCUT2D eigenvalue weighted by molar-refractivity contribution is 9.10. The van der Waals surface area contributed by atoms with Crippen molar-refractivity contribution < 1.29 is 0 Å². The number of anilines is 1. The van der Waals surface area contributed by atoms with Crippen LogP contribution < -0.4 is 10.2 Å². The van der Waals surface area contributed by atoms with Crippen LogP contribution in [0.15, 0.2) is 22.7 Å². The summed E-state index contributed by atoms with van der Waals surface area (Å²) >= 11 is 3.64. The molecule has 1 N–H and O–H groups in total. The van der Waals surface area contributed by atoms with Crippen molar-refractivity contribution in [3.05, 3.63) is 28.2 Å². The summed E-state index contributed by atoms with van der Waals surface area (Å²) in [7, 11) is 1.97. The fourth-order valence-electron chi connectivity index (χ4n) is 1.90. The number of hydrogen-bond donors (Lipinski definition) is 1. The Hall–Kier alpha value is -0.980. The van der Waals surface area contributed by atoms with Gasteiger partial charge in [0.1, 0.15) is 0 Å². The first kappa shape index (κ1) is 15.1. The smallest absolute Gasteiger partial charge is 0.0791 e. The van der Waals surface area contributed by atoms with Gasteiger partial charge in [-0.15, -0.1) is 6.42 Å². The Morgan fingerprint density at radius 2 is 2.22 bits per heavy atom. The number of benzene rings is 1. The average Bonchev–Trinajstić information content (AvgIpc) is 2.37. The third-order valence-electron chi connectivity index (χ3n) is 3.02. The number of terminal acetylenes is 1. The lowest BCUT2D eigenvalue weighted by atomic mass is 10.1. The van der Waals surface area contributed by atoms with Gasteiger partial charge in [0, 0.05) is 22.7 Å². The number of nitrogens with zero attached hydrogens (tertiary/aromatic N) is 1. The van der Waals surface area contributed by atoms with Crippen LogP contribution in [-0.2, 0) is 0 Å².